The molecule has 4 rings (SSSR count). The normalized spacial score (nSPS) is 34.3. The zero-order valence-corrected chi connectivity index (χ0v) is 26.0. The Morgan fingerprint density at radius 1 is 1.15 bits per heavy atom. The van der Waals surface area contributed by atoms with Crippen molar-refractivity contribution in [3.05, 3.63) is 25.3 Å². The minimum Gasteiger partial charge on any atom is -0.394 e. The molecule has 8 atom stereocenters. The number of aliphatic hydroxyl groups is 1. The highest BCUT2D eigenvalue weighted by Crippen LogP contribution is 2.66. The zero-order chi connectivity index (χ0) is 30.1. The van der Waals surface area contributed by atoms with Crippen LogP contribution in [0.3, 0.4) is 0 Å². The Morgan fingerprint density at radius 3 is 2.37 bits per heavy atom. The van der Waals surface area contributed by atoms with Crippen molar-refractivity contribution in [1.82, 2.24) is 14.7 Å². The summed E-state index contributed by atoms with van der Waals surface area (Å²) in [7, 11) is 0. The van der Waals surface area contributed by atoms with Crippen LogP contribution in [0.5, 0.6) is 0 Å². The van der Waals surface area contributed by atoms with Gasteiger partial charge in [-0.2, -0.15) is 0 Å². The molecule has 8 nitrogen and oxygen atoms in total. The first-order valence-electron chi connectivity index (χ1n) is 16.0. The molecule has 3 aliphatic heterocycles. The Hall–Kier alpha value is -2.19. The highest BCUT2D eigenvalue weighted by molar-refractivity contribution is 5.99. The van der Waals surface area contributed by atoms with Crippen molar-refractivity contribution in [2.24, 2.45) is 23.7 Å². The van der Waals surface area contributed by atoms with Crippen LogP contribution in [-0.4, -0.2) is 93.1 Å². The lowest BCUT2D eigenvalue weighted by Gasteiger charge is -2.43. The maximum absolute atomic E-state index is 14.9. The van der Waals surface area contributed by atoms with Gasteiger partial charge in [-0.3, -0.25) is 14.4 Å². The molecule has 1 spiro atoms. The predicted octanol–water partition coefficient (Wildman–Crippen LogP) is 4.18. The topological polar surface area (TPSA) is 90.4 Å². The van der Waals surface area contributed by atoms with E-state index in [-0.39, 0.29) is 42.2 Å². The van der Waals surface area contributed by atoms with Gasteiger partial charge in [0.1, 0.15) is 11.6 Å². The van der Waals surface area contributed by atoms with Crippen molar-refractivity contribution >= 4 is 17.7 Å². The molecule has 0 radical (unpaired) electrons. The van der Waals surface area contributed by atoms with Gasteiger partial charge in [0.25, 0.3) is 0 Å². The molecule has 4 aliphatic rings. The van der Waals surface area contributed by atoms with Gasteiger partial charge >= 0.3 is 0 Å². The summed E-state index contributed by atoms with van der Waals surface area (Å²) in [4.78, 5) is 49.3. The van der Waals surface area contributed by atoms with E-state index < -0.39 is 35.1 Å². The highest BCUT2D eigenvalue weighted by Gasteiger charge is 2.80. The van der Waals surface area contributed by atoms with Gasteiger partial charge in [0.05, 0.1) is 30.1 Å². The molecule has 1 aliphatic carbocycles. The van der Waals surface area contributed by atoms with Crippen LogP contribution in [-0.2, 0) is 19.1 Å². The standard InChI is InChI=1S/C33H53N3O5/c1-8-17-34(18-9-2)29(38)26-27-30(39)36(25(21-37)22(5)11-4)28(33(27)20-23(6)32(26,7)41-33)31(40)35(19-10-3)24-15-13-12-14-16-24/h8,10,22-28,37H,1,3,9,11-21H2,2,4-7H3/t22-,23?,25-,26-,27-,28?,32+,33?/m0/s1. The van der Waals surface area contributed by atoms with Crippen LogP contribution in [0.15, 0.2) is 25.3 Å². The molecule has 3 amide bonds. The number of ether oxygens (including phenoxy) is 1. The lowest BCUT2D eigenvalue weighted by molar-refractivity contribution is -0.160. The molecule has 4 fully saturated rings. The number of amides is 3. The molecule has 0 aromatic heterocycles. The van der Waals surface area contributed by atoms with E-state index in [0.29, 0.717) is 26.1 Å². The lowest BCUT2D eigenvalue weighted by atomic mass is 9.62. The average Bonchev–Trinajstić information content (AvgIpc) is 3.48. The molecule has 2 bridgehead atoms. The van der Waals surface area contributed by atoms with Gasteiger partial charge in [0.15, 0.2) is 0 Å². The number of nitrogens with zero attached hydrogens (tertiary/aromatic N) is 3. The summed E-state index contributed by atoms with van der Waals surface area (Å²) in [5, 5.41) is 10.7. The third-order valence-electron chi connectivity index (χ3n) is 10.9. The Balaban J connectivity index is 1.86. The fraction of sp³-hybridized carbons (Fsp3) is 0.788. The summed E-state index contributed by atoms with van der Waals surface area (Å²) >= 11 is 0. The first-order chi connectivity index (χ1) is 19.6. The number of carbonyl (C=O) groups excluding carboxylic acids is 3. The molecule has 230 valence electrons. The third kappa shape index (κ3) is 5.07. The van der Waals surface area contributed by atoms with Crippen LogP contribution in [0.2, 0.25) is 0 Å². The molecule has 41 heavy (non-hydrogen) atoms. The molecule has 8 heteroatoms. The first kappa shape index (κ1) is 31.7. The highest BCUT2D eigenvalue weighted by atomic mass is 16.5. The summed E-state index contributed by atoms with van der Waals surface area (Å²) < 4.78 is 6.99. The van der Waals surface area contributed by atoms with Crippen LogP contribution in [0.25, 0.3) is 0 Å². The van der Waals surface area contributed by atoms with Gasteiger partial charge in [-0.1, -0.05) is 65.5 Å². The smallest absolute Gasteiger partial charge is 0.248 e. The molecule has 0 aromatic carbocycles. The Kier molecular flexibility index (Phi) is 9.74. The van der Waals surface area contributed by atoms with E-state index in [1.54, 1.807) is 22.0 Å². The predicted molar refractivity (Wildman–Crippen MR) is 160 cm³/mol. The number of likely N-dealkylation sites (tertiary alicyclic amines) is 1. The molecule has 3 heterocycles. The van der Waals surface area contributed by atoms with Crippen molar-refractivity contribution in [2.75, 3.05) is 26.2 Å². The van der Waals surface area contributed by atoms with Gasteiger partial charge < -0.3 is 24.5 Å². The van der Waals surface area contributed by atoms with E-state index in [9.17, 15) is 19.5 Å². The minimum absolute atomic E-state index is 0.0262. The van der Waals surface area contributed by atoms with Gasteiger partial charge in [-0.15, -0.1) is 13.2 Å². The maximum Gasteiger partial charge on any atom is 0.248 e. The molecule has 0 aromatic rings. The van der Waals surface area contributed by atoms with E-state index in [1.165, 1.54) is 0 Å². The van der Waals surface area contributed by atoms with Gasteiger partial charge in [0, 0.05) is 25.7 Å². The number of hydrogen-bond acceptors (Lipinski definition) is 5. The molecule has 3 saturated heterocycles. The number of hydrogen-bond donors (Lipinski definition) is 1. The number of fused-ring (bicyclic) bond motifs is 1. The summed E-state index contributed by atoms with van der Waals surface area (Å²) in [5.41, 5.74) is -1.99. The van der Waals surface area contributed by atoms with Crippen molar-refractivity contribution < 1.29 is 24.2 Å². The Morgan fingerprint density at radius 2 is 1.80 bits per heavy atom. The molecule has 1 N–H and O–H groups in total. The van der Waals surface area contributed by atoms with E-state index >= 15 is 0 Å². The van der Waals surface area contributed by atoms with Crippen LogP contribution >= 0.6 is 0 Å². The fourth-order valence-corrected chi connectivity index (χ4v) is 8.53. The minimum atomic E-state index is -1.12. The summed E-state index contributed by atoms with van der Waals surface area (Å²) in [6, 6.07) is -1.36. The molecule has 1 saturated carbocycles. The molecular formula is C33H53N3O5. The Labute approximate surface area is 247 Å². The second-order valence-electron chi connectivity index (χ2n) is 13.2. The first-order valence-corrected chi connectivity index (χ1v) is 16.0. The van der Waals surface area contributed by atoms with Gasteiger partial charge in [-0.25, -0.2) is 0 Å². The van der Waals surface area contributed by atoms with Crippen molar-refractivity contribution in [1.29, 1.82) is 0 Å². The van der Waals surface area contributed by atoms with Crippen molar-refractivity contribution in [3.63, 3.8) is 0 Å². The summed E-state index contributed by atoms with van der Waals surface area (Å²) in [6.45, 7) is 19.0. The molecular weight excluding hydrogens is 518 g/mol. The second-order valence-corrected chi connectivity index (χ2v) is 13.2. The molecule has 3 unspecified atom stereocenters. The van der Waals surface area contributed by atoms with Crippen molar-refractivity contribution in [3.8, 4) is 0 Å². The van der Waals surface area contributed by atoms with Crippen LogP contribution in [0.4, 0.5) is 0 Å². The maximum atomic E-state index is 14.9. The summed E-state index contributed by atoms with van der Waals surface area (Å²) in [5.74, 6) is -2.00. The van der Waals surface area contributed by atoms with E-state index in [1.807, 2.05) is 32.6 Å². The SMILES string of the molecule is C=CCN(CCC)C(=O)[C@@H]1[C@H]2C(=O)N([C@@H](CO)[C@@H](C)CC)C(C(=O)N(CC=C)C3CCCCC3)C23CC(C)[C@@]1(C)O3. The lowest BCUT2D eigenvalue weighted by Crippen LogP contribution is -2.61. The number of carbonyl (C=O) groups is 3. The van der Waals surface area contributed by atoms with E-state index in [0.717, 1.165) is 44.9 Å². The van der Waals surface area contributed by atoms with Gasteiger partial charge in [0.2, 0.25) is 17.7 Å². The van der Waals surface area contributed by atoms with Crippen LogP contribution in [0, 0.1) is 23.7 Å². The average molecular weight is 572 g/mol. The number of rotatable bonds is 13. The van der Waals surface area contributed by atoms with Crippen LogP contribution in [0.1, 0.15) is 86.0 Å². The van der Waals surface area contributed by atoms with Crippen LogP contribution < -0.4 is 0 Å². The number of aliphatic hydroxyl groups excluding tert-OH is 1. The van der Waals surface area contributed by atoms with E-state index in [4.69, 9.17) is 4.74 Å². The second kappa shape index (κ2) is 12.6. The largest absolute Gasteiger partial charge is 0.394 e. The van der Waals surface area contributed by atoms with E-state index in [2.05, 4.69) is 20.1 Å². The zero-order valence-electron chi connectivity index (χ0n) is 26.0. The fourth-order valence-electron chi connectivity index (χ4n) is 8.53. The third-order valence-corrected chi connectivity index (χ3v) is 10.9. The monoisotopic (exact) mass is 571 g/mol. The quantitative estimate of drug-likeness (QED) is 0.335. The summed E-state index contributed by atoms with van der Waals surface area (Å²) in [6.07, 6.45) is 10.7. The van der Waals surface area contributed by atoms with Crippen molar-refractivity contribution in [2.45, 2.75) is 115 Å². The Bertz CT molecular complexity index is 1010. The van der Waals surface area contributed by atoms with Gasteiger partial charge in [-0.05, 0) is 44.4 Å².